The SMILES string of the molecule is CC1=Nc2ccc(C(c3ccc(Cl)cc3)n3ccnc3)cc2CC1=O. The average Bonchev–Trinajstić information content (AvgIpc) is 3.12. The second-order valence-corrected chi connectivity index (χ2v) is 6.59. The Hall–Kier alpha value is -2.72. The number of benzene rings is 2. The quantitative estimate of drug-likeness (QED) is 0.704. The number of hydrogen-bond acceptors (Lipinski definition) is 3. The highest BCUT2D eigenvalue weighted by Gasteiger charge is 2.21. The van der Waals surface area contributed by atoms with Gasteiger partial charge in [0.2, 0.25) is 0 Å². The van der Waals surface area contributed by atoms with Gasteiger partial charge < -0.3 is 4.57 Å². The topological polar surface area (TPSA) is 47.2 Å². The predicted octanol–water partition coefficient (Wildman–Crippen LogP) is 4.39. The zero-order valence-corrected chi connectivity index (χ0v) is 14.4. The van der Waals surface area contributed by atoms with Crippen LogP contribution < -0.4 is 0 Å². The molecule has 5 heteroatoms. The Kier molecular flexibility index (Phi) is 3.98. The van der Waals surface area contributed by atoms with Crippen LogP contribution in [0.2, 0.25) is 5.02 Å². The summed E-state index contributed by atoms with van der Waals surface area (Å²) in [6.45, 7) is 1.77. The van der Waals surface area contributed by atoms with Crippen molar-refractivity contribution in [2.75, 3.05) is 0 Å². The molecule has 4 nitrogen and oxygen atoms in total. The summed E-state index contributed by atoms with van der Waals surface area (Å²) in [5.41, 5.74) is 4.60. The summed E-state index contributed by atoms with van der Waals surface area (Å²) in [5, 5.41) is 0.703. The molecule has 0 radical (unpaired) electrons. The van der Waals surface area contributed by atoms with Gasteiger partial charge >= 0.3 is 0 Å². The van der Waals surface area contributed by atoms with Crippen LogP contribution in [0.15, 0.2) is 66.2 Å². The first-order chi connectivity index (χ1) is 12.1. The van der Waals surface area contributed by atoms with E-state index in [9.17, 15) is 4.79 Å². The molecule has 0 fully saturated rings. The van der Waals surface area contributed by atoms with Crippen molar-refractivity contribution >= 4 is 28.8 Å². The fourth-order valence-electron chi connectivity index (χ4n) is 3.17. The molecule has 1 unspecified atom stereocenters. The fraction of sp³-hybridized carbons (Fsp3) is 0.150. The van der Waals surface area contributed by atoms with E-state index in [1.165, 1.54) is 0 Å². The number of hydrogen-bond donors (Lipinski definition) is 0. The molecular formula is C20H16ClN3O. The average molecular weight is 350 g/mol. The second kappa shape index (κ2) is 6.30. The lowest BCUT2D eigenvalue weighted by Crippen LogP contribution is -2.18. The predicted molar refractivity (Wildman–Crippen MR) is 98.8 cm³/mol. The van der Waals surface area contributed by atoms with Gasteiger partial charge in [-0.1, -0.05) is 35.9 Å². The normalized spacial score (nSPS) is 14.8. The van der Waals surface area contributed by atoms with Crippen molar-refractivity contribution in [3.63, 3.8) is 0 Å². The first-order valence-electron chi connectivity index (χ1n) is 8.06. The van der Waals surface area contributed by atoms with Gasteiger partial charge in [-0.25, -0.2) is 9.98 Å². The summed E-state index contributed by atoms with van der Waals surface area (Å²) in [6.07, 6.45) is 5.90. The van der Waals surface area contributed by atoms with Crippen LogP contribution in [0.1, 0.15) is 29.7 Å². The van der Waals surface area contributed by atoms with E-state index in [1.807, 2.05) is 41.1 Å². The van der Waals surface area contributed by atoms with Crippen LogP contribution in [0.25, 0.3) is 0 Å². The number of ketones is 1. The lowest BCUT2D eigenvalue weighted by Gasteiger charge is -2.22. The van der Waals surface area contributed by atoms with Crippen molar-refractivity contribution in [1.29, 1.82) is 0 Å². The van der Waals surface area contributed by atoms with Crippen LogP contribution in [0.3, 0.4) is 0 Å². The van der Waals surface area contributed by atoms with E-state index in [2.05, 4.69) is 22.1 Å². The van der Waals surface area contributed by atoms with Crippen molar-refractivity contribution in [2.24, 2.45) is 4.99 Å². The summed E-state index contributed by atoms with van der Waals surface area (Å²) < 4.78 is 2.05. The summed E-state index contributed by atoms with van der Waals surface area (Å²) in [6, 6.07) is 13.9. The first-order valence-corrected chi connectivity index (χ1v) is 8.44. The molecule has 0 amide bonds. The minimum Gasteiger partial charge on any atom is -0.326 e. The van der Waals surface area contributed by atoms with E-state index in [0.29, 0.717) is 17.2 Å². The number of aliphatic imine (C=N–C) groups is 1. The molecule has 25 heavy (non-hydrogen) atoms. The van der Waals surface area contributed by atoms with Crippen molar-refractivity contribution < 1.29 is 4.79 Å². The number of carbonyl (C=O) groups excluding carboxylic acids is 1. The Bertz CT molecular complexity index is 959. The van der Waals surface area contributed by atoms with Crippen molar-refractivity contribution in [2.45, 2.75) is 19.4 Å². The van der Waals surface area contributed by atoms with Gasteiger partial charge in [-0.05, 0) is 41.8 Å². The van der Waals surface area contributed by atoms with E-state index in [-0.39, 0.29) is 11.8 Å². The lowest BCUT2D eigenvalue weighted by atomic mass is 9.93. The van der Waals surface area contributed by atoms with Gasteiger partial charge in [0, 0.05) is 23.8 Å². The minimum atomic E-state index is -0.0350. The number of Topliss-reactive ketones (excluding diaryl/α,β-unsaturated/α-hetero) is 1. The molecule has 0 spiro atoms. The largest absolute Gasteiger partial charge is 0.326 e. The molecule has 1 aliphatic rings. The maximum atomic E-state index is 12.0. The highest BCUT2D eigenvalue weighted by atomic mass is 35.5. The monoisotopic (exact) mass is 349 g/mol. The van der Waals surface area contributed by atoms with Crippen molar-refractivity contribution in [3.8, 4) is 0 Å². The molecule has 0 saturated carbocycles. The van der Waals surface area contributed by atoms with E-state index >= 15 is 0 Å². The zero-order chi connectivity index (χ0) is 17.4. The smallest absolute Gasteiger partial charge is 0.181 e. The van der Waals surface area contributed by atoms with Crippen LogP contribution in [0.5, 0.6) is 0 Å². The molecule has 3 aromatic rings. The van der Waals surface area contributed by atoms with Gasteiger partial charge in [0.15, 0.2) is 5.78 Å². The van der Waals surface area contributed by atoms with Crippen LogP contribution in [0, 0.1) is 0 Å². The standard InChI is InChI=1S/C20H16ClN3O/c1-13-19(25)11-16-10-15(4-7-18(16)23-13)20(24-9-8-22-12-24)14-2-5-17(21)6-3-14/h2-10,12,20H,11H2,1H3. The third kappa shape index (κ3) is 3.01. The van der Waals surface area contributed by atoms with Crippen LogP contribution in [-0.4, -0.2) is 21.0 Å². The highest BCUT2D eigenvalue weighted by molar-refractivity contribution is 6.40. The molecular weight excluding hydrogens is 334 g/mol. The highest BCUT2D eigenvalue weighted by Crippen LogP contribution is 2.32. The third-order valence-corrected chi connectivity index (χ3v) is 4.72. The molecule has 1 atom stereocenters. The molecule has 0 bridgehead atoms. The molecule has 2 heterocycles. The summed E-state index contributed by atoms with van der Waals surface area (Å²) in [4.78, 5) is 20.6. The number of fused-ring (bicyclic) bond motifs is 1. The Morgan fingerprint density at radius 2 is 1.88 bits per heavy atom. The number of carbonyl (C=O) groups is 1. The van der Waals surface area contributed by atoms with E-state index in [1.54, 1.807) is 19.4 Å². The molecule has 1 aliphatic heterocycles. The fourth-order valence-corrected chi connectivity index (χ4v) is 3.30. The molecule has 2 aromatic carbocycles. The zero-order valence-electron chi connectivity index (χ0n) is 13.7. The molecule has 1 aromatic heterocycles. The van der Waals surface area contributed by atoms with Gasteiger partial charge in [0.05, 0.1) is 23.8 Å². The number of rotatable bonds is 3. The van der Waals surface area contributed by atoms with Crippen LogP contribution in [0.4, 0.5) is 5.69 Å². The maximum absolute atomic E-state index is 12.0. The van der Waals surface area contributed by atoms with Crippen molar-refractivity contribution in [3.05, 3.63) is 82.9 Å². The molecule has 0 saturated heterocycles. The Balaban J connectivity index is 1.82. The van der Waals surface area contributed by atoms with E-state index in [4.69, 9.17) is 11.6 Å². The Morgan fingerprint density at radius 1 is 1.12 bits per heavy atom. The number of halogens is 1. The Labute approximate surface area is 150 Å². The molecule has 0 N–H and O–H groups in total. The van der Waals surface area contributed by atoms with Crippen LogP contribution in [-0.2, 0) is 11.2 Å². The molecule has 4 rings (SSSR count). The molecule has 0 aliphatic carbocycles. The maximum Gasteiger partial charge on any atom is 0.181 e. The lowest BCUT2D eigenvalue weighted by molar-refractivity contribution is -0.112. The van der Waals surface area contributed by atoms with Gasteiger partial charge in [0.25, 0.3) is 0 Å². The van der Waals surface area contributed by atoms with E-state index < -0.39 is 0 Å². The number of nitrogens with zero attached hydrogens (tertiary/aromatic N) is 3. The Morgan fingerprint density at radius 3 is 2.60 bits per heavy atom. The minimum absolute atomic E-state index is 0.0350. The summed E-state index contributed by atoms with van der Waals surface area (Å²) in [5.74, 6) is 0.0790. The summed E-state index contributed by atoms with van der Waals surface area (Å²) in [7, 11) is 0. The third-order valence-electron chi connectivity index (χ3n) is 4.47. The van der Waals surface area contributed by atoms with Gasteiger partial charge in [0.1, 0.15) is 0 Å². The van der Waals surface area contributed by atoms with Crippen LogP contribution >= 0.6 is 11.6 Å². The van der Waals surface area contributed by atoms with Gasteiger partial charge in [-0.15, -0.1) is 0 Å². The van der Waals surface area contributed by atoms with E-state index in [0.717, 1.165) is 22.4 Å². The van der Waals surface area contributed by atoms with Gasteiger partial charge in [-0.3, -0.25) is 4.79 Å². The molecule has 124 valence electrons. The number of imidazole rings is 1. The van der Waals surface area contributed by atoms with Gasteiger partial charge in [-0.2, -0.15) is 0 Å². The number of aromatic nitrogens is 2. The van der Waals surface area contributed by atoms with Crippen molar-refractivity contribution in [1.82, 2.24) is 9.55 Å². The first kappa shape index (κ1) is 15.8. The summed E-state index contributed by atoms with van der Waals surface area (Å²) >= 11 is 6.04. The second-order valence-electron chi connectivity index (χ2n) is 6.15.